The third-order valence-electron chi connectivity index (χ3n) is 3.40. The van der Waals surface area contributed by atoms with E-state index < -0.39 is 67.0 Å². The van der Waals surface area contributed by atoms with Crippen molar-refractivity contribution in [3.05, 3.63) is 0 Å². The van der Waals surface area contributed by atoms with E-state index in [4.69, 9.17) is 5.11 Å². The van der Waals surface area contributed by atoms with Gasteiger partial charge in [-0.2, -0.15) is 26.3 Å². The lowest BCUT2D eigenvalue weighted by Gasteiger charge is -2.27. The highest BCUT2D eigenvalue weighted by molar-refractivity contribution is 5.86. The number of aliphatic carboxylic acids is 1. The molecule has 0 aromatic heterocycles. The van der Waals surface area contributed by atoms with Gasteiger partial charge < -0.3 is 5.11 Å². The van der Waals surface area contributed by atoms with Crippen LogP contribution in [0.3, 0.4) is 0 Å². The van der Waals surface area contributed by atoms with Crippen LogP contribution in [0.15, 0.2) is 0 Å². The third kappa shape index (κ3) is 10.5. The molecule has 0 heterocycles. The van der Waals surface area contributed by atoms with E-state index >= 15 is 0 Å². The van der Waals surface area contributed by atoms with Gasteiger partial charge in [-0.3, -0.25) is 9.59 Å². The Hall–Kier alpha value is -1.28. The van der Waals surface area contributed by atoms with E-state index in [0.29, 0.717) is 0 Å². The summed E-state index contributed by atoms with van der Waals surface area (Å²) in [4.78, 5) is 23.5. The molecule has 2 atom stereocenters. The van der Waals surface area contributed by atoms with Crippen molar-refractivity contribution < 1.29 is 41.0 Å². The van der Waals surface area contributed by atoms with Crippen molar-refractivity contribution in [1.82, 2.24) is 0 Å². The van der Waals surface area contributed by atoms with Crippen molar-refractivity contribution >= 4 is 11.8 Å². The largest absolute Gasteiger partial charge is 0.481 e. The van der Waals surface area contributed by atoms with E-state index in [0.717, 1.165) is 0 Å². The van der Waals surface area contributed by atoms with Crippen molar-refractivity contribution in [3.8, 4) is 0 Å². The lowest BCUT2D eigenvalue weighted by molar-refractivity contribution is -0.159. The van der Waals surface area contributed by atoms with E-state index in [9.17, 15) is 35.9 Å². The molecule has 0 bridgehead atoms. The lowest BCUT2D eigenvalue weighted by Crippen LogP contribution is -2.34. The predicted octanol–water partition coefficient (Wildman–Crippen LogP) is 4.99. The molecule has 0 aromatic rings. The molecule has 0 saturated heterocycles. The number of carboxylic acids is 1. The first-order valence-corrected chi connectivity index (χ1v) is 7.41. The first-order valence-electron chi connectivity index (χ1n) is 7.41. The van der Waals surface area contributed by atoms with Gasteiger partial charge in [0.1, 0.15) is 5.78 Å². The minimum Gasteiger partial charge on any atom is -0.481 e. The highest BCUT2D eigenvalue weighted by Crippen LogP contribution is 2.35. The molecule has 0 amide bonds. The zero-order chi connectivity index (χ0) is 19.3. The Morgan fingerprint density at radius 2 is 1.21 bits per heavy atom. The SMILES string of the molecule is CC(C)(C)CC(=O)[C@@H](CCC(F)(F)F)[C@@H](CCC(F)(F)F)C(=O)O. The molecule has 0 aromatic carbocycles. The second-order valence-corrected chi connectivity index (χ2v) is 7.06. The number of carbonyl (C=O) groups is 2. The summed E-state index contributed by atoms with van der Waals surface area (Å²) in [5.41, 5.74) is -0.610. The summed E-state index contributed by atoms with van der Waals surface area (Å²) in [6, 6.07) is 0. The Balaban J connectivity index is 5.34. The molecule has 0 saturated carbocycles. The number of Topliss-reactive ketones (excluding diaryl/α,β-unsaturated/α-hetero) is 1. The fourth-order valence-electron chi connectivity index (χ4n) is 2.38. The Morgan fingerprint density at radius 3 is 1.50 bits per heavy atom. The molecule has 24 heavy (non-hydrogen) atoms. The van der Waals surface area contributed by atoms with Gasteiger partial charge in [-0.05, 0) is 18.3 Å². The molecular formula is C15H22F6O3. The lowest BCUT2D eigenvalue weighted by atomic mass is 9.77. The van der Waals surface area contributed by atoms with Gasteiger partial charge in [0.05, 0.1) is 5.92 Å². The predicted molar refractivity (Wildman–Crippen MR) is 74.3 cm³/mol. The van der Waals surface area contributed by atoms with Gasteiger partial charge in [-0.15, -0.1) is 0 Å². The molecule has 0 aliphatic carbocycles. The number of alkyl halides is 6. The molecule has 1 N–H and O–H groups in total. The fourth-order valence-corrected chi connectivity index (χ4v) is 2.38. The van der Waals surface area contributed by atoms with Crippen LogP contribution in [0.1, 0.15) is 52.9 Å². The zero-order valence-corrected chi connectivity index (χ0v) is 13.7. The molecule has 9 heteroatoms. The summed E-state index contributed by atoms with van der Waals surface area (Å²) >= 11 is 0. The maximum absolute atomic E-state index is 12.4. The van der Waals surface area contributed by atoms with Gasteiger partial charge in [0.2, 0.25) is 0 Å². The average Bonchev–Trinajstić information content (AvgIpc) is 2.27. The van der Waals surface area contributed by atoms with Crippen molar-refractivity contribution in [2.45, 2.75) is 65.2 Å². The smallest absolute Gasteiger partial charge is 0.389 e. The molecule has 0 unspecified atom stereocenters. The second kappa shape index (κ2) is 8.20. The minimum absolute atomic E-state index is 0.203. The number of carboxylic acid groups (broad SMARTS) is 1. The van der Waals surface area contributed by atoms with E-state index in [1.807, 2.05) is 0 Å². The van der Waals surface area contributed by atoms with Crippen LogP contribution in [-0.2, 0) is 9.59 Å². The summed E-state index contributed by atoms with van der Waals surface area (Å²) in [6.45, 7) is 4.91. The highest BCUT2D eigenvalue weighted by Gasteiger charge is 2.40. The maximum atomic E-state index is 12.4. The van der Waals surface area contributed by atoms with Crippen LogP contribution in [0.25, 0.3) is 0 Å². The van der Waals surface area contributed by atoms with Gasteiger partial charge in [0.15, 0.2) is 0 Å². The highest BCUT2D eigenvalue weighted by atomic mass is 19.4. The number of ketones is 1. The quantitative estimate of drug-likeness (QED) is 0.617. The Kier molecular flexibility index (Phi) is 7.76. The monoisotopic (exact) mass is 364 g/mol. The van der Waals surface area contributed by atoms with Crippen LogP contribution in [-0.4, -0.2) is 29.2 Å². The van der Waals surface area contributed by atoms with Gasteiger partial charge in [-0.25, -0.2) is 0 Å². The Labute approximate surface area is 136 Å². The number of halogens is 6. The topological polar surface area (TPSA) is 54.4 Å². The van der Waals surface area contributed by atoms with Crippen LogP contribution >= 0.6 is 0 Å². The van der Waals surface area contributed by atoms with Crippen molar-refractivity contribution in [2.75, 3.05) is 0 Å². The number of hydrogen-bond donors (Lipinski definition) is 1. The van der Waals surface area contributed by atoms with Crippen molar-refractivity contribution in [3.63, 3.8) is 0 Å². The van der Waals surface area contributed by atoms with Crippen LogP contribution in [0, 0.1) is 17.3 Å². The van der Waals surface area contributed by atoms with Gasteiger partial charge >= 0.3 is 18.3 Å². The molecule has 0 radical (unpaired) electrons. The molecule has 0 rings (SSSR count). The van der Waals surface area contributed by atoms with E-state index in [-0.39, 0.29) is 6.42 Å². The third-order valence-corrected chi connectivity index (χ3v) is 3.40. The van der Waals surface area contributed by atoms with Gasteiger partial charge in [0, 0.05) is 25.2 Å². The maximum Gasteiger partial charge on any atom is 0.389 e. The van der Waals surface area contributed by atoms with E-state index in [2.05, 4.69) is 0 Å². The standard InChI is InChI=1S/C15H22F6O3/c1-13(2,3)8-11(22)9(4-6-14(16,17)18)10(12(23)24)5-7-15(19,20)21/h9-10H,4-8H2,1-3H3,(H,23,24)/t9-,10+/m0/s1. The van der Waals surface area contributed by atoms with E-state index in [1.54, 1.807) is 20.8 Å². The summed E-state index contributed by atoms with van der Waals surface area (Å²) in [6.07, 6.45) is -14.1. The van der Waals surface area contributed by atoms with Crippen LogP contribution in [0.5, 0.6) is 0 Å². The van der Waals surface area contributed by atoms with Crippen LogP contribution < -0.4 is 0 Å². The zero-order valence-electron chi connectivity index (χ0n) is 13.7. The van der Waals surface area contributed by atoms with Crippen LogP contribution in [0.2, 0.25) is 0 Å². The molecule has 0 aliphatic heterocycles. The second-order valence-electron chi connectivity index (χ2n) is 7.06. The summed E-state index contributed by atoms with van der Waals surface area (Å²) in [5, 5.41) is 9.12. The molecule has 0 spiro atoms. The first kappa shape index (κ1) is 22.7. The molecule has 3 nitrogen and oxygen atoms in total. The van der Waals surface area contributed by atoms with Crippen LogP contribution in [0.4, 0.5) is 26.3 Å². The molecule has 0 aliphatic rings. The fraction of sp³-hybridized carbons (Fsp3) is 0.867. The van der Waals surface area contributed by atoms with Gasteiger partial charge in [0.25, 0.3) is 0 Å². The Bertz CT molecular complexity index is 434. The van der Waals surface area contributed by atoms with Crippen molar-refractivity contribution in [2.24, 2.45) is 17.3 Å². The minimum atomic E-state index is -4.64. The average molecular weight is 364 g/mol. The van der Waals surface area contributed by atoms with Crippen molar-refractivity contribution in [1.29, 1.82) is 0 Å². The Morgan fingerprint density at radius 1 is 0.833 bits per heavy atom. The molecular weight excluding hydrogens is 342 g/mol. The number of hydrogen-bond acceptors (Lipinski definition) is 2. The molecule has 0 fully saturated rings. The summed E-state index contributed by atoms with van der Waals surface area (Å²) in [5.74, 6) is -5.82. The van der Waals surface area contributed by atoms with Gasteiger partial charge in [-0.1, -0.05) is 20.8 Å². The van der Waals surface area contributed by atoms with E-state index in [1.165, 1.54) is 0 Å². The number of carbonyl (C=O) groups excluding carboxylic acids is 1. The first-order chi connectivity index (χ1) is 10.5. The summed E-state index contributed by atoms with van der Waals surface area (Å²) < 4.78 is 74.3. The number of rotatable bonds is 8. The normalized spacial score (nSPS) is 15.9. The summed E-state index contributed by atoms with van der Waals surface area (Å²) in [7, 11) is 0. The molecule has 142 valence electrons.